The quantitative estimate of drug-likeness (QED) is 0.874. The van der Waals surface area contributed by atoms with Gasteiger partial charge < -0.3 is 10.6 Å². The molecule has 6 heteroatoms. The molecule has 1 aliphatic rings. The van der Waals surface area contributed by atoms with Crippen LogP contribution in [-0.2, 0) is 18.4 Å². The lowest BCUT2D eigenvalue weighted by Crippen LogP contribution is -2.33. The van der Waals surface area contributed by atoms with Crippen LogP contribution in [0.3, 0.4) is 0 Å². The van der Waals surface area contributed by atoms with Gasteiger partial charge in [-0.15, -0.1) is 0 Å². The van der Waals surface area contributed by atoms with Crippen LogP contribution in [0.2, 0.25) is 0 Å². The lowest BCUT2D eigenvalue weighted by atomic mass is 9.90. The zero-order valence-corrected chi connectivity index (χ0v) is 11.3. The van der Waals surface area contributed by atoms with Crippen molar-refractivity contribution in [1.82, 2.24) is 20.1 Å². The Hall–Kier alpha value is -2.37. The van der Waals surface area contributed by atoms with E-state index in [0.717, 1.165) is 24.2 Å². The summed E-state index contributed by atoms with van der Waals surface area (Å²) in [4.78, 5) is 16.4. The Kier molecular flexibility index (Phi) is 3.37. The minimum Gasteiger partial charge on any atom is -0.385 e. The molecule has 0 bridgehead atoms. The van der Waals surface area contributed by atoms with E-state index in [9.17, 15) is 4.79 Å². The van der Waals surface area contributed by atoms with E-state index in [4.69, 9.17) is 0 Å². The largest absolute Gasteiger partial charge is 0.385 e. The Labute approximate surface area is 117 Å². The standard InChI is InChI=1S/C14H17N5O/c1-19-9-17-13(18-19)8-16-14(20)11-6-7-15-12-5-3-2-4-10(11)12/h2-5,9,11,15H,6-8H2,1H3,(H,16,20). The van der Waals surface area contributed by atoms with Crippen LogP contribution >= 0.6 is 0 Å². The van der Waals surface area contributed by atoms with Gasteiger partial charge in [-0.3, -0.25) is 9.48 Å². The second-order valence-electron chi connectivity index (χ2n) is 4.91. The van der Waals surface area contributed by atoms with Crippen molar-refractivity contribution in [2.24, 2.45) is 7.05 Å². The molecule has 0 fully saturated rings. The van der Waals surface area contributed by atoms with Gasteiger partial charge >= 0.3 is 0 Å². The highest BCUT2D eigenvalue weighted by molar-refractivity contribution is 5.86. The number of nitrogens with one attached hydrogen (secondary N) is 2. The first-order valence-electron chi connectivity index (χ1n) is 6.69. The number of aryl methyl sites for hydroxylation is 1. The van der Waals surface area contributed by atoms with Gasteiger partial charge in [-0.25, -0.2) is 4.98 Å². The molecule has 0 spiro atoms. The number of anilines is 1. The van der Waals surface area contributed by atoms with Crippen LogP contribution in [0.25, 0.3) is 0 Å². The number of amides is 1. The first-order valence-corrected chi connectivity index (χ1v) is 6.69. The third-order valence-corrected chi connectivity index (χ3v) is 3.47. The number of hydrogen-bond acceptors (Lipinski definition) is 4. The molecule has 1 atom stereocenters. The summed E-state index contributed by atoms with van der Waals surface area (Å²) in [6.45, 7) is 1.18. The van der Waals surface area contributed by atoms with Gasteiger partial charge in [-0.1, -0.05) is 18.2 Å². The zero-order valence-electron chi connectivity index (χ0n) is 11.3. The van der Waals surface area contributed by atoms with Crippen molar-refractivity contribution in [3.05, 3.63) is 42.0 Å². The van der Waals surface area contributed by atoms with Crippen LogP contribution in [0.15, 0.2) is 30.6 Å². The highest BCUT2D eigenvalue weighted by Crippen LogP contribution is 2.31. The molecule has 1 amide bonds. The SMILES string of the molecule is Cn1cnc(CNC(=O)C2CCNc3ccccc32)n1. The number of carbonyl (C=O) groups excluding carboxylic acids is 1. The predicted octanol–water partition coefficient (Wildman–Crippen LogP) is 1.03. The Balaban J connectivity index is 1.69. The van der Waals surface area contributed by atoms with Crippen LogP contribution in [-0.4, -0.2) is 27.2 Å². The molecule has 104 valence electrons. The van der Waals surface area contributed by atoms with Crippen molar-refractivity contribution in [3.8, 4) is 0 Å². The maximum Gasteiger partial charge on any atom is 0.228 e. The molecular formula is C14H17N5O. The average molecular weight is 271 g/mol. The minimum absolute atomic E-state index is 0.0337. The number of aromatic nitrogens is 3. The lowest BCUT2D eigenvalue weighted by molar-refractivity contribution is -0.122. The van der Waals surface area contributed by atoms with Gasteiger partial charge in [0.15, 0.2) is 5.82 Å². The highest BCUT2D eigenvalue weighted by atomic mass is 16.1. The van der Waals surface area contributed by atoms with E-state index in [1.165, 1.54) is 0 Å². The third-order valence-electron chi connectivity index (χ3n) is 3.47. The van der Waals surface area contributed by atoms with Crippen molar-refractivity contribution in [2.45, 2.75) is 18.9 Å². The zero-order chi connectivity index (χ0) is 13.9. The summed E-state index contributed by atoms with van der Waals surface area (Å²) in [6.07, 6.45) is 2.43. The smallest absolute Gasteiger partial charge is 0.228 e. The summed E-state index contributed by atoms with van der Waals surface area (Å²) in [6, 6.07) is 7.95. The number of fused-ring (bicyclic) bond motifs is 1. The molecule has 2 N–H and O–H groups in total. The Morgan fingerprint density at radius 1 is 1.50 bits per heavy atom. The van der Waals surface area contributed by atoms with E-state index in [2.05, 4.69) is 20.7 Å². The molecule has 0 radical (unpaired) electrons. The van der Waals surface area contributed by atoms with Crippen molar-refractivity contribution in [2.75, 3.05) is 11.9 Å². The topological polar surface area (TPSA) is 71.8 Å². The summed E-state index contributed by atoms with van der Waals surface area (Å²) in [5, 5.41) is 10.4. The molecular weight excluding hydrogens is 254 g/mol. The van der Waals surface area contributed by atoms with Gasteiger partial charge in [0, 0.05) is 19.3 Å². The van der Waals surface area contributed by atoms with Crippen LogP contribution in [0, 0.1) is 0 Å². The monoisotopic (exact) mass is 271 g/mol. The first-order chi connectivity index (χ1) is 9.74. The molecule has 6 nitrogen and oxygen atoms in total. The molecule has 0 saturated carbocycles. The van der Waals surface area contributed by atoms with Gasteiger partial charge in [-0.2, -0.15) is 5.10 Å². The summed E-state index contributed by atoms with van der Waals surface area (Å²) in [7, 11) is 1.81. The highest BCUT2D eigenvalue weighted by Gasteiger charge is 2.25. The van der Waals surface area contributed by atoms with Crippen molar-refractivity contribution in [1.29, 1.82) is 0 Å². The van der Waals surface area contributed by atoms with E-state index in [0.29, 0.717) is 12.4 Å². The number of para-hydroxylation sites is 1. The van der Waals surface area contributed by atoms with Crippen LogP contribution in [0.5, 0.6) is 0 Å². The summed E-state index contributed by atoms with van der Waals surface area (Å²) >= 11 is 0. The fourth-order valence-corrected chi connectivity index (χ4v) is 2.50. The van der Waals surface area contributed by atoms with Crippen molar-refractivity contribution in [3.63, 3.8) is 0 Å². The Morgan fingerprint density at radius 3 is 3.15 bits per heavy atom. The van der Waals surface area contributed by atoms with Crippen LogP contribution in [0.1, 0.15) is 23.7 Å². The molecule has 1 unspecified atom stereocenters. The number of hydrogen-bond donors (Lipinski definition) is 2. The molecule has 1 aromatic heterocycles. The second-order valence-corrected chi connectivity index (χ2v) is 4.91. The molecule has 1 aromatic carbocycles. The van der Waals surface area contributed by atoms with Gasteiger partial charge in [0.2, 0.25) is 5.91 Å². The number of nitrogens with zero attached hydrogens (tertiary/aromatic N) is 3. The minimum atomic E-state index is -0.101. The molecule has 0 aliphatic carbocycles. The first kappa shape index (κ1) is 12.7. The van der Waals surface area contributed by atoms with Crippen molar-refractivity contribution < 1.29 is 4.79 Å². The maximum absolute atomic E-state index is 12.3. The maximum atomic E-state index is 12.3. The molecule has 20 heavy (non-hydrogen) atoms. The van der Waals surface area contributed by atoms with Gasteiger partial charge in [0.25, 0.3) is 0 Å². The van der Waals surface area contributed by atoms with Crippen molar-refractivity contribution >= 4 is 11.6 Å². The van der Waals surface area contributed by atoms with E-state index in [1.807, 2.05) is 24.3 Å². The molecule has 3 rings (SSSR count). The van der Waals surface area contributed by atoms with Gasteiger partial charge in [-0.05, 0) is 18.1 Å². The van der Waals surface area contributed by atoms with Gasteiger partial charge in [0.05, 0.1) is 12.5 Å². The van der Waals surface area contributed by atoms with E-state index >= 15 is 0 Å². The van der Waals surface area contributed by atoms with E-state index in [-0.39, 0.29) is 11.8 Å². The number of benzene rings is 1. The number of carbonyl (C=O) groups is 1. The summed E-state index contributed by atoms with van der Waals surface area (Å²) in [5.41, 5.74) is 2.11. The fraction of sp³-hybridized carbons (Fsp3) is 0.357. The summed E-state index contributed by atoms with van der Waals surface area (Å²) in [5.74, 6) is 0.561. The Morgan fingerprint density at radius 2 is 2.35 bits per heavy atom. The average Bonchev–Trinajstić information content (AvgIpc) is 2.90. The van der Waals surface area contributed by atoms with E-state index < -0.39 is 0 Å². The normalized spacial score (nSPS) is 17.1. The predicted molar refractivity (Wildman–Crippen MR) is 75.1 cm³/mol. The number of rotatable bonds is 3. The second kappa shape index (κ2) is 5.32. The Bertz CT molecular complexity index is 622. The molecule has 2 heterocycles. The molecule has 1 aliphatic heterocycles. The van der Waals surface area contributed by atoms with Crippen LogP contribution < -0.4 is 10.6 Å². The fourth-order valence-electron chi connectivity index (χ4n) is 2.50. The van der Waals surface area contributed by atoms with E-state index in [1.54, 1.807) is 18.1 Å². The molecule has 0 saturated heterocycles. The molecule has 2 aromatic rings. The van der Waals surface area contributed by atoms with Gasteiger partial charge in [0.1, 0.15) is 6.33 Å². The van der Waals surface area contributed by atoms with Crippen LogP contribution in [0.4, 0.5) is 5.69 Å². The lowest BCUT2D eigenvalue weighted by Gasteiger charge is -2.25. The third kappa shape index (κ3) is 2.49. The summed E-state index contributed by atoms with van der Waals surface area (Å²) < 4.78 is 1.63.